The summed E-state index contributed by atoms with van der Waals surface area (Å²) in [5, 5.41) is 3.25. The Morgan fingerprint density at radius 1 is 1.42 bits per heavy atom. The summed E-state index contributed by atoms with van der Waals surface area (Å²) in [5.41, 5.74) is 0.989. The Morgan fingerprint density at radius 3 is 2.84 bits per heavy atom. The van der Waals surface area contributed by atoms with Crippen molar-refractivity contribution in [1.29, 1.82) is 0 Å². The monoisotopic (exact) mass is 263 g/mol. The molecule has 104 valence electrons. The fourth-order valence-corrected chi connectivity index (χ4v) is 2.16. The number of carbonyl (C=O) groups excluding carboxylic acids is 1. The molecule has 1 aliphatic rings. The number of hydrogen-bond donors (Lipinski definition) is 1. The zero-order chi connectivity index (χ0) is 13.7. The Labute approximate surface area is 114 Å². The Bertz CT molecular complexity index is 430. The van der Waals surface area contributed by atoms with Gasteiger partial charge in [-0.2, -0.15) is 0 Å². The molecule has 1 saturated heterocycles. The molecular weight excluding hydrogens is 242 g/mol. The minimum Gasteiger partial charge on any atom is -0.497 e. The van der Waals surface area contributed by atoms with Gasteiger partial charge in [-0.05, 0) is 12.1 Å². The van der Waals surface area contributed by atoms with Gasteiger partial charge in [0.2, 0.25) is 5.91 Å². The molecule has 0 bridgehead atoms. The second kappa shape index (κ2) is 6.43. The maximum absolute atomic E-state index is 12.2. The van der Waals surface area contributed by atoms with E-state index >= 15 is 0 Å². The molecule has 0 unspecified atom stereocenters. The summed E-state index contributed by atoms with van der Waals surface area (Å²) in [6.45, 7) is 3.76. The van der Waals surface area contributed by atoms with E-state index < -0.39 is 0 Å². The molecule has 19 heavy (non-hydrogen) atoms. The van der Waals surface area contributed by atoms with E-state index in [-0.39, 0.29) is 5.91 Å². The standard InChI is InChI=1S/C14H21N3O2/c1-16(12-4-3-5-13(10-12)19-2)11-14(18)17-8-6-15-7-9-17/h3-5,10,15H,6-9,11H2,1-2H3. The lowest BCUT2D eigenvalue weighted by Crippen LogP contribution is -2.49. The van der Waals surface area contributed by atoms with Crippen molar-refractivity contribution >= 4 is 11.6 Å². The van der Waals surface area contributed by atoms with Gasteiger partial charge in [0.1, 0.15) is 5.75 Å². The molecule has 5 nitrogen and oxygen atoms in total. The summed E-state index contributed by atoms with van der Waals surface area (Å²) in [7, 11) is 3.57. The van der Waals surface area contributed by atoms with Crippen molar-refractivity contribution in [1.82, 2.24) is 10.2 Å². The van der Waals surface area contributed by atoms with E-state index in [0.717, 1.165) is 37.6 Å². The number of ether oxygens (including phenoxy) is 1. The molecule has 0 saturated carbocycles. The van der Waals surface area contributed by atoms with E-state index in [1.807, 2.05) is 41.1 Å². The molecule has 1 heterocycles. The third kappa shape index (κ3) is 3.61. The number of methoxy groups -OCH3 is 1. The summed E-state index contributed by atoms with van der Waals surface area (Å²) >= 11 is 0. The van der Waals surface area contributed by atoms with Gasteiger partial charge < -0.3 is 19.9 Å². The lowest BCUT2D eigenvalue weighted by Gasteiger charge is -2.29. The maximum Gasteiger partial charge on any atom is 0.242 e. The van der Waals surface area contributed by atoms with Crippen LogP contribution in [-0.2, 0) is 4.79 Å². The summed E-state index contributed by atoms with van der Waals surface area (Å²) in [6.07, 6.45) is 0. The number of piperazine rings is 1. The third-order valence-electron chi connectivity index (χ3n) is 3.34. The number of nitrogens with zero attached hydrogens (tertiary/aromatic N) is 2. The fraction of sp³-hybridized carbons (Fsp3) is 0.500. The van der Waals surface area contributed by atoms with Gasteiger partial charge in [-0.1, -0.05) is 6.07 Å². The number of nitrogens with one attached hydrogen (secondary N) is 1. The molecule has 2 rings (SSSR count). The molecule has 0 spiro atoms. The average Bonchev–Trinajstić information content (AvgIpc) is 2.48. The van der Waals surface area contributed by atoms with Gasteiger partial charge in [0.05, 0.1) is 13.7 Å². The van der Waals surface area contributed by atoms with E-state index in [1.54, 1.807) is 7.11 Å². The summed E-state index contributed by atoms with van der Waals surface area (Å²) in [5.74, 6) is 0.978. The number of rotatable bonds is 4. The highest BCUT2D eigenvalue weighted by molar-refractivity contribution is 5.81. The zero-order valence-electron chi connectivity index (χ0n) is 11.6. The number of amides is 1. The van der Waals surface area contributed by atoms with Gasteiger partial charge >= 0.3 is 0 Å². The third-order valence-corrected chi connectivity index (χ3v) is 3.34. The lowest BCUT2D eigenvalue weighted by atomic mass is 10.2. The van der Waals surface area contributed by atoms with Crippen molar-refractivity contribution in [3.05, 3.63) is 24.3 Å². The van der Waals surface area contributed by atoms with Crippen molar-refractivity contribution in [3.63, 3.8) is 0 Å². The predicted molar refractivity (Wildman–Crippen MR) is 75.7 cm³/mol. The van der Waals surface area contributed by atoms with Gasteiger partial charge in [-0.3, -0.25) is 4.79 Å². The van der Waals surface area contributed by atoms with Gasteiger partial charge in [0, 0.05) is 45.0 Å². The Balaban J connectivity index is 1.95. The van der Waals surface area contributed by atoms with Crippen LogP contribution in [0.2, 0.25) is 0 Å². The molecule has 1 N–H and O–H groups in total. The number of anilines is 1. The van der Waals surface area contributed by atoms with Gasteiger partial charge in [-0.25, -0.2) is 0 Å². The van der Waals surface area contributed by atoms with Crippen LogP contribution in [0, 0.1) is 0 Å². The molecule has 1 aliphatic heterocycles. The first kappa shape index (κ1) is 13.7. The fourth-order valence-electron chi connectivity index (χ4n) is 2.16. The second-order valence-corrected chi connectivity index (χ2v) is 4.69. The van der Waals surface area contributed by atoms with Crippen molar-refractivity contribution < 1.29 is 9.53 Å². The largest absolute Gasteiger partial charge is 0.497 e. The molecule has 1 aromatic rings. The predicted octanol–water partition coefficient (Wildman–Crippen LogP) is 0.563. The maximum atomic E-state index is 12.2. The van der Waals surface area contributed by atoms with E-state index in [2.05, 4.69) is 5.32 Å². The van der Waals surface area contributed by atoms with Crippen LogP contribution in [0.4, 0.5) is 5.69 Å². The minimum atomic E-state index is 0.173. The SMILES string of the molecule is COc1cccc(N(C)CC(=O)N2CCNCC2)c1. The van der Waals surface area contributed by atoms with Crippen LogP contribution in [0.3, 0.4) is 0 Å². The normalized spacial score (nSPS) is 15.2. The molecule has 0 aliphatic carbocycles. The van der Waals surface area contributed by atoms with Crippen LogP contribution in [0.25, 0.3) is 0 Å². The first-order valence-electron chi connectivity index (χ1n) is 6.54. The molecule has 1 aromatic carbocycles. The van der Waals surface area contributed by atoms with Crippen LogP contribution >= 0.6 is 0 Å². The molecule has 0 atom stereocenters. The summed E-state index contributed by atoms with van der Waals surface area (Å²) in [6, 6.07) is 7.74. The van der Waals surface area contributed by atoms with Crippen LogP contribution in [0.15, 0.2) is 24.3 Å². The van der Waals surface area contributed by atoms with Crippen LogP contribution in [0.1, 0.15) is 0 Å². The Hall–Kier alpha value is -1.75. The first-order valence-corrected chi connectivity index (χ1v) is 6.54. The topological polar surface area (TPSA) is 44.8 Å². The highest BCUT2D eigenvalue weighted by Crippen LogP contribution is 2.19. The minimum absolute atomic E-state index is 0.173. The van der Waals surface area contributed by atoms with E-state index in [9.17, 15) is 4.79 Å². The molecule has 1 amide bonds. The van der Waals surface area contributed by atoms with Crippen molar-refractivity contribution in [3.8, 4) is 5.75 Å². The smallest absolute Gasteiger partial charge is 0.242 e. The van der Waals surface area contributed by atoms with Crippen LogP contribution in [0.5, 0.6) is 5.75 Å². The first-order chi connectivity index (χ1) is 9.20. The Kier molecular flexibility index (Phi) is 4.63. The molecule has 1 fully saturated rings. The van der Waals surface area contributed by atoms with Crippen molar-refractivity contribution in [2.24, 2.45) is 0 Å². The second-order valence-electron chi connectivity index (χ2n) is 4.69. The van der Waals surface area contributed by atoms with E-state index in [4.69, 9.17) is 4.74 Å². The van der Waals surface area contributed by atoms with Gasteiger partial charge in [-0.15, -0.1) is 0 Å². The van der Waals surface area contributed by atoms with Crippen molar-refractivity contribution in [2.75, 3.05) is 51.8 Å². The molecular formula is C14H21N3O2. The molecule has 5 heteroatoms. The van der Waals surface area contributed by atoms with E-state index in [0.29, 0.717) is 6.54 Å². The van der Waals surface area contributed by atoms with Gasteiger partial charge in [0.15, 0.2) is 0 Å². The summed E-state index contributed by atoms with van der Waals surface area (Å²) in [4.78, 5) is 16.0. The zero-order valence-corrected chi connectivity index (χ0v) is 11.6. The van der Waals surface area contributed by atoms with Crippen LogP contribution in [-0.4, -0.2) is 57.7 Å². The number of carbonyl (C=O) groups is 1. The highest BCUT2D eigenvalue weighted by Gasteiger charge is 2.17. The molecule has 0 radical (unpaired) electrons. The number of hydrogen-bond acceptors (Lipinski definition) is 4. The average molecular weight is 263 g/mol. The quantitative estimate of drug-likeness (QED) is 0.862. The van der Waals surface area contributed by atoms with Gasteiger partial charge in [0.25, 0.3) is 0 Å². The Morgan fingerprint density at radius 2 is 2.16 bits per heavy atom. The van der Waals surface area contributed by atoms with Crippen molar-refractivity contribution in [2.45, 2.75) is 0 Å². The van der Waals surface area contributed by atoms with E-state index in [1.165, 1.54) is 0 Å². The number of likely N-dealkylation sites (N-methyl/N-ethyl adjacent to an activating group) is 1. The highest BCUT2D eigenvalue weighted by atomic mass is 16.5. The summed E-state index contributed by atoms with van der Waals surface area (Å²) < 4.78 is 5.20. The number of benzene rings is 1. The van der Waals surface area contributed by atoms with Crippen LogP contribution < -0.4 is 15.0 Å². The lowest BCUT2D eigenvalue weighted by molar-refractivity contribution is -0.130. The molecule has 0 aromatic heterocycles.